The van der Waals surface area contributed by atoms with E-state index in [0.717, 1.165) is 24.3 Å². The summed E-state index contributed by atoms with van der Waals surface area (Å²) >= 11 is 0. The number of anilines is 2. The van der Waals surface area contributed by atoms with E-state index in [4.69, 9.17) is 9.72 Å². The van der Waals surface area contributed by atoms with Gasteiger partial charge in [0.25, 0.3) is 0 Å². The van der Waals surface area contributed by atoms with Crippen LogP contribution in [-0.4, -0.2) is 65.3 Å². The van der Waals surface area contributed by atoms with Gasteiger partial charge in [-0.05, 0) is 30.7 Å². The van der Waals surface area contributed by atoms with E-state index in [0.29, 0.717) is 30.9 Å². The summed E-state index contributed by atoms with van der Waals surface area (Å²) < 4.78 is 5.40. The lowest BCUT2D eigenvalue weighted by molar-refractivity contribution is 0.0698. The number of nitrogens with zero attached hydrogens (tertiary/aromatic N) is 4. The summed E-state index contributed by atoms with van der Waals surface area (Å²) in [6.45, 7) is 2.35. The number of urea groups is 1. The van der Waals surface area contributed by atoms with Crippen molar-refractivity contribution in [3.05, 3.63) is 54.2 Å². The number of aromatic nitrogens is 2. The molecule has 0 aliphatic carbocycles. The standard InChI is InChI=1S/C22H23N5O4/c1-31-18-9-4-8-17-20(18)25-19(14-23-17)26-10-5-11-27(13-12-26)22(30)24-16-7-3-2-6-15(16)21(28)29/h2-4,6-9,14H,5,10-13H2,1H3,(H,24,30)(H,28,29). The van der Waals surface area contributed by atoms with Gasteiger partial charge >= 0.3 is 12.0 Å². The first-order valence-electron chi connectivity index (χ1n) is 10.00. The van der Waals surface area contributed by atoms with Gasteiger partial charge in [0.05, 0.1) is 30.1 Å². The number of carbonyl (C=O) groups is 2. The Morgan fingerprint density at radius 1 is 1.06 bits per heavy atom. The van der Waals surface area contributed by atoms with Crippen molar-refractivity contribution in [2.75, 3.05) is 43.5 Å². The molecule has 0 radical (unpaired) electrons. The van der Waals surface area contributed by atoms with Crippen LogP contribution in [-0.2, 0) is 0 Å². The molecule has 2 amide bonds. The molecule has 0 saturated carbocycles. The Balaban J connectivity index is 1.47. The van der Waals surface area contributed by atoms with E-state index in [1.807, 2.05) is 18.2 Å². The summed E-state index contributed by atoms with van der Waals surface area (Å²) in [7, 11) is 1.61. The Bertz CT molecular complexity index is 1120. The largest absolute Gasteiger partial charge is 0.494 e. The molecule has 9 nitrogen and oxygen atoms in total. The Kier molecular flexibility index (Phi) is 5.83. The van der Waals surface area contributed by atoms with Crippen LogP contribution in [0.2, 0.25) is 0 Å². The maximum Gasteiger partial charge on any atom is 0.337 e. The molecule has 1 fully saturated rings. The highest BCUT2D eigenvalue weighted by Gasteiger charge is 2.22. The molecular weight excluding hydrogens is 398 g/mol. The molecule has 4 rings (SSSR count). The van der Waals surface area contributed by atoms with Crippen molar-refractivity contribution >= 4 is 34.5 Å². The molecule has 1 saturated heterocycles. The number of methoxy groups -OCH3 is 1. The molecule has 160 valence electrons. The van der Waals surface area contributed by atoms with Gasteiger partial charge in [-0.25, -0.2) is 14.6 Å². The summed E-state index contributed by atoms with van der Waals surface area (Å²) in [5.74, 6) is 0.318. The molecule has 1 aliphatic rings. The van der Waals surface area contributed by atoms with Crippen LogP contribution in [0.5, 0.6) is 5.75 Å². The van der Waals surface area contributed by atoms with Crippen LogP contribution in [0.1, 0.15) is 16.8 Å². The van der Waals surface area contributed by atoms with Gasteiger partial charge in [-0.3, -0.25) is 4.98 Å². The average Bonchev–Trinajstić information content (AvgIpc) is 3.05. The second-order valence-electron chi connectivity index (χ2n) is 7.16. The van der Waals surface area contributed by atoms with E-state index in [1.54, 1.807) is 36.4 Å². The Labute approximate surface area is 179 Å². The zero-order valence-electron chi connectivity index (χ0n) is 17.1. The fourth-order valence-electron chi connectivity index (χ4n) is 3.64. The topological polar surface area (TPSA) is 108 Å². The third-order valence-corrected chi connectivity index (χ3v) is 5.25. The van der Waals surface area contributed by atoms with Gasteiger partial charge in [-0.1, -0.05) is 18.2 Å². The van der Waals surface area contributed by atoms with E-state index >= 15 is 0 Å². The summed E-state index contributed by atoms with van der Waals surface area (Å²) in [4.78, 5) is 37.2. The zero-order chi connectivity index (χ0) is 21.8. The molecular formula is C22H23N5O4. The highest BCUT2D eigenvalue weighted by molar-refractivity contribution is 6.00. The summed E-state index contributed by atoms with van der Waals surface area (Å²) in [5, 5.41) is 12.0. The molecule has 9 heteroatoms. The van der Waals surface area contributed by atoms with Crippen molar-refractivity contribution in [1.82, 2.24) is 14.9 Å². The lowest BCUT2D eigenvalue weighted by atomic mass is 10.2. The maximum atomic E-state index is 12.8. The highest BCUT2D eigenvalue weighted by atomic mass is 16.5. The van der Waals surface area contributed by atoms with Gasteiger partial charge in [0.15, 0.2) is 0 Å². The Morgan fingerprint density at radius 2 is 1.90 bits per heavy atom. The van der Waals surface area contributed by atoms with Crippen molar-refractivity contribution in [2.24, 2.45) is 0 Å². The Morgan fingerprint density at radius 3 is 2.71 bits per heavy atom. The van der Waals surface area contributed by atoms with Crippen molar-refractivity contribution < 1.29 is 19.4 Å². The molecule has 2 aromatic carbocycles. The summed E-state index contributed by atoms with van der Waals surface area (Å²) in [6, 6.07) is 11.7. The lowest BCUT2D eigenvalue weighted by Crippen LogP contribution is -2.38. The lowest BCUT2D eigenvalue weighted by Gasteiger charge is -2.23. The smallest absolute Gasteiger partial charge is 0.337 e. The SMILES string of the molecule is COc1cccc2ncc(N3CCCN(C(=O)Nc4ccccc4C(=O)O)CC3)nc12. The number of fused-ring (bicyclic) bond motifs is 1. The highest BCUT2D eigenvalue weighted by Crippen LogP contribution is 2.25. The second-order valence-corrected chi connectivity index (χ2v) is 7.16. The molecule has 0 spiro atoms. The molecule has 1 aromatic heterocycles. The monoisotopic (exact) mass is 421 g/mol. The van der Waals surface area contributed by atoms with Crippen LogP contribution in [0.3, 0.4) is 0 Å². The van der Waals surface area contributed by atoms with Crippen LogP contribution in [0.15, 0.2) is 48.7 Å². The fourth-order valence-corrected chi connectivity index (χ4v) is 3.64. The minimum atomic E-state index is -1.08. The first-order valence-corrected chi connectivity index (χ1v) is 10.00. The van der Waals surface area contributed by atoms with E-state index in [2.05, 4.69) is 15.2 Å². The Hall–Kier alpha value is -3.88. The number of carboxylic acid groups (broad SMARTS) is 1. The average molecular weight is 421 g/mol. The van der Waals surface area contributed by atoms with Gasteiger partial charge in [0.2, 0.25) is 0 Å². The quantitative estimate of drug-likeness (QED) is 0.666. The van der Waals surface area contributed by atoms with Crippen molar-refractivity contribution in [2.45, 2.75) is 6.42 Å². The third kappa shape index (κ3) is 4.35. The van der Waals surface area contributed by atoms with Gasteiger partial charge in [0, 0.05) is 26.2 Å². The van der Waals surface area contributed by atoms with Crippen molar-refractivity contribution in [1.29, 1.82) is 0 Å². The normalized spacial score (nSPS) is 14.2. The van der Waals surface area contributed by atoms with Crippen molar-refractivity contribution in [3.63, 3.8) is 0 Å². The van der Waals surface area contributed by atoms with Crippen LogP contribution >= 0.6 is 0 Å². The maximum absolute atomic E-state index is 12.8. The molecule has 2 N–H and O–H groups in total. The van der Waals surface area contributed by atoms with Crippen LogP contribution in [0, 0.1) is 0 Å². The predicted molar refractivity (Wildman–Crippen MR) is 117 cm³/mol. The second kappa shape index (κ2) is 8.86. The van der Waals surface area contributed by atoms with E-state index in [1.165, 1.54) is 6.07 Å². The number of ether oxygens (including phenoxy) is 1. The number of hydrogen-bond acceptors (Lipinski definition) is 6. The molecule has 0 unspecified atom stereocenters. The third-order valence-electron chi connectivity index (χ3n) is 5.25. The van der Waals surface area contributed by atoms with Crippen molar-refractivity contribution in [3.8, 4) is 5.75 Å². The number of aromatic carboxylic acids is 1. The number of carbonyl (C=O) groups excluding carboxylic acids is 1. The number of amides is 2. The van der Waals surface area contributed by atoms with E-state index in [9.17, 15) is 14.7 Å². The zero-order valence-corrected chi connectivity index (χ0v) is 17.1. The number of benzene rings is 2. The number of nitrogens with one attached hydrogen (secondary N) is 1. The van der Waals surface area contributed by atoms with Gasteiger partial charge in [-0.2, -0.15) is 0 Å². The van der Waals surface area contributed by atoms with Gasteiger partial charge < -0.3 is 25.0 Å². The van der Waals surface area contributed by atoms with Crippen LogP contribution in [0.4, 0.5) is 16.3 Å². The summed E-state index contributed by atoms with van der Waals surface area (Å²) in [6.07, 6.45) is 2.49. The number of rotatable bonds is 4. The van der Waals surface area contributed by atoms with E-state index < -0.39 is 5.97 Å². The van der Waals surface area contributed by atoms with Gasteiger partial charge in [0.1, 0.15) is 17.1 Å². The number of para-hydroxylation sites is 2. The minimum absolute atomic E-state index is 0.0627. The molecule has 31 heavy (non-hydrogen) atoms. The minimum Gasteiger partial charge on any atom is -0.494 e. The van der Waals surface area contributed by atoms with E-state index in [-0.39, 0.29) is 17.3 Å². The number of hydrogen-bond donors (Lipinski definition) is 2. The van der Waals surface area contributed by atoms with Gasteiger partial charge in [-0.15, -0.1) is 0 Å². The predicted octanol–water partition coefficient (Wildman–Crippen LogP) is 3.08. The number of carboxylic acids is 1. The van der Waals surface area contributed by atoms with Crippen LogP contribution in [0.25, 0.3) is 11.0 Å². The molecule has 0 atom stereocenters. The molecule has 0 bridgehead atoms. The van der Waals surface area contributed by atoms with Crippen LogP contribution < -0.4 is 15.0 Å². The molecule has 3 aromatic rings. The fraction of sp³-hybridized carbons (Fsp3) is 0.273. The molecule has 2 heterocycles. The molecule has 1 aliphatic heterocycles. The summed E-state index contributed by atoms with van der Waals surface area (Å²) in [5.41, 5.74) is 1.81. The first kappa shape index (κ1) is 20.4. The first-order chi connectivity index (χ1) is 15.1.